The largest absolute Gasteiger partial charge is 0.472 e. The predicted octanol–water partition coefficient (Wildman–Crippen LogP) is 8.31. The zero-order chi connectivity index (χ0) is 50.1. The van der Waals surface area contributed by atoms with E-state index < -0.39 is 91.2 Å². The Bertz CT molecular complexity index is 1480. The quantitative estimate of drug-likeness (QED) is 0.0162. The number of ketones is 1. The van der Waals surface area contributed by atoms with Gasteiger partial charge in [-0.25, -0.2) is 13.7 Å². The first kappa shape index (κ1) is 63.8. The van der Waals surface area contributed by atoms with Crippen molar-refractivity contribution in [2.24, 2.45) is 0 Å². The van der Waals surface area contributed by atoms with Crippen molar-refractivity contribution in [1.29, 1.82) is 0 Å². The lowest BCUT2D eigenvalue weighted by Gasteiger charge is -2.44. The van der Waals surface area contributed by atoms with Gasteiger partial charge in [0.15, 0.2) is 0 Å². The van der Waals surface area contributed by atoms with Crippen LogP contribution in [0.4, 0.5) is 0 Å². The second-order valence-electron chi connectivity index (χ2n) is 17.7. The van der Waals surface area contributed by atoms with Gasteiger partial charge in [0.2, 0.25) is 0 Å². The molecule has 67 heavy (non-hydrogen) atoms. The van der Waals surface area contributed by atoms with Crippen LogP contribution in [0.15, 0.2) is 0 Å². The summed E-state index contributed by atoms with van der Waals surface area (Å²) in [5.74, 6) is -1.15. The summed E-state index contributed by atoms with van der Waals surface area (Å²) in [6.07, 6.45) is 11.8. The average Bonchev–Trinajstić information content (AvgIpc) is 3.24. The first-order chi connectivity index (χ1) is 31.7. The molecule has 0 aromatic rings. The van der Waals surface area contributed by atoms with E-state index in [4.69, 9.17) is 18.5 Å². The van der Waals surface area contributed by atoms with E-state index in [9.17, 15) is 67.9 Å². The third kappa shape index (κ3) is 33.2. The van der Waals surface area contributed by atoms with Crippen LogP contribution in [0.2, 0.25) is 0 Å². The van der Waals surface area contributed by atoms with Crippen LogP contribution in [0.3, 0.4) is 0 Å². The molecule has 1 saturated carbocycles. The standard InChI is InChI=1S/C44H85O20P3/c1-3-5-6-7-8-9-10-11-15-18-21-24-27-31-37(46)61-36(33-38(47)59-32-28-25-22-19-16-13-12-14-17-20-23-26-30-35(45)29-4-2)34-60-67(57,58)64-42-39(48)40(49)43(62-65(51,52)53)44(41(42)50)63-66(54,55)56/h36,39-44,48-50H,3-34H2,1-2H3,(H,57,58)(H2,51,52,53)(H2,54,55,56)/t36-,39+,40-,41?,42?,43?,44+/m1/s1. The van der Waals surface area contributed by atoms with Crippen molar-refractivity contribution in [2.45, 2.75) is 249 Å². The highest BCUT2D eigenvalue weighted by atomic mass is 31.2. The van der Waals surface area contributed by atoms with E-state index in [2.05, 4.69) is 16.0 Å². The molecule has 0 heterocycles. The highest BCUT2D eigenvalue weighted by Gasteiger charge is 2.56. The number of aliphatic hydroxyl groups is 3. The van der Waals surface area contributed by atoms with Gasteiger partial charge < -0.3 is 49.3 Å². The second kappa shape index (κ2) is 36.7. The third-order valence-corrected chi connectivity index (χ3v) is 13.6. The van der Waals surface area contributed by atoms with Crippen molar-refractivity contribution < 1.29 is 95.4 Å². The van der Waals surface area contributed by atoms with Crippen molar-refractivity contribution in [3.8, 4) is 0 Å². The minimum absolute atomic E-state index is 0.0177. The van der Waals surface area contributed by atoms with Crippen molar-refractivity contribution in [3.05, 3.63) is 0 Å². The first-order valence-corrected chi connectivity index (χ1v) is 29.3. The van der Waals surface area contributed by atoms with E-state index in [0.29, 0.717) is 31.5 Å². The van der Waals surface area contributed by atoms with Gasteiger partial charge in [0.1, 0.15) is 48.5 Å². The number of phosphoric ester groups is 3. The Morgan fingerprint density at radius 1 is 0.463 bits per heavy atom. The summed E-state index contributed by atoms with van der Waals surface area (Å²) < 4.78 is 65.5. The van der Waals surface area contributed by atoms with E-state index in [1.54, 1.807) is 0 Å². The van der Waals surface area contributed by atoms with Crippen LogP contribution in [0.1, 0.15) is 206 Å². The molecule has 20 nitrogen and oxygen atoms in total. The van der Waals surface area contributed by atoms with Crippen LogP contribution in [-0.2, 0) is 55.6 Å². The molecule has 1 aliphatic carbocycles. The van der Waals surface area contributed by atoms with Gasteiger partial charge in [0.25, 0.3) is 0 Å². The summed E-state index contributed by atoms with van der Waals surface area (Å²) in [5, 5.41) is 31.9. The van der Waals surface area contributed by atoms with Gasteiger partial charge in [0.05, 0.1) is 19.6 Å². The fourth-order valence-electron chi connectivity index (χ4n) is 7.91. The fourth-order valence-corrected chi connectivity index (χ4v) is 10.0. The number of ether oxygens (including phenoxy) is 2. The van der Waals surface area contributed by atoms with Crippen LogP contribution in [-0.4, -0.2) is 113 Å². The summed E-state index contributed by atoms with van der Waals surface area (Å²) in [4.78, 5) is 85.0. The number of rotatable bonds is 43. The van der Waals surface area contributed by atoms with Crippen molar-refractivity contribution in [2.75, 3.05) is 13.2 Å². The van der Waals surface area contributed by atoms with Gasteiger partial charge in [-0.15, -0.1) is 0 Å². The van der Waals surface area contributed by atoms with Crippen LogP contribution in [0.25, 0.3) is 0 Å². The summed E-state index contributed by atoms with van der Waals surface area (Å²) >= 11 is 0. The average molecular weight is 1030 g/mol. The molecule has 4 unspecified atom stereocenters. The Labute approximate surface area is 398 Å². The van der Waals surface area contributed by atoms with Crippen LogP contribution >= 0.6 is 23.5 Å². The number of carbonyl (C=O) groups excluding carboxylic acids is 3. The molecule has 8 atom stereocenters. The number of unbranched alkanes of at least 4 members (excludes halogenated alkanes) is 23. The highest BCUT2D eigenvalue weighted by Crippen LogP contribution is 2.51. The Balaban J connectivity index is 2.69. The summed E-state index contributed by atoms with van der Waals surface area (Å²) in [6.45, 7) is 3.35. The lowest BCUT2D eigenvalue weighted by molar-refractivity contribution is -0.213. The molecule has 8 N–H and O–H groups in total. The van der Waals surface area contributed by atoms with Gasteiger partial charge in [-0.3, -0.25) is 32.5 Å². The summed E-state index contributed by atoms with van der Waals surface area (Å²) in [6, 6.07) is 0. The summed E-state index contributed by atoms with van der Waals surface area (Å²) in [7, 11) is -16.6. The molecule has 0 aliphatic heterocycles. The normalized spacial score (nSPS) is 21.5. The highest BCUT2D eigenvalue weighted by molar-refractivity contribution is 7.47. The molecule has 1 rings (SSSR count). The molecule has 396 valence electrons. The van der Waals surface area contributed by atoms with Crippen molar-refractivity contribution in [3.63, 3.8) is 0 Å². The third-order valence-electron chi connectivity index (χ3n) is 11.5. The second-order valence-corrected chi connectivity index (χ2v) is 21.5. The molecule has 0 spiro atoms. The number of phosphoric acid groups is 3. The molecule has 0 aromatic heterocycles. The van der Waals surface area contributed by atoms with E-state index in [0.717, 1.165) is 89.9 Å². The molecule has 0 radical (unpaired) electrons. The maximum atomic E-state index is 13.1. The van der Waals surface area contributed by atoms with E-state index >= 15 is 0 Å². The zero-order valence-electron chi connectivity index (χ0n) is 40.0. The van der Waals surface area contributed by atoms with Gasteiger partial charge in [-0.1, -0.05) is 155 Å². The first-order valence-electron chi connectivity index (χ1n) is 24.7. The molecule has 23 heteroatoms. The topological polar surface area (TPSA) is 320 Å². The number of hydrogen-bond donors (Lipinski definition) is 8. The molecule has 0 saturated heterocycles. The number of esters is 2. The van der Waals surface area contributed by atoms with Crippen LogP contribution in [0.5, 0.6) is 0 Å². The molecular formula is C44H85O20P3. The number of hydrogen-bond acceptors (Lipinski definition) is 15. The monoisotopic (exact) mass is 1030 g/mol. The SMILES string of the molecule is CCCCCCCCCCCCCCCC(=O)O[C@@H](COP(=O)(O)OC1C(O)[C@H](OP(=O)(O)O)C(OP(=O)(O)O)[C@H](O)[C@@H]1O)CC(=O)OCCCCCCCCCCCCCCC(=O)CCC. The fraction of sp³-hybridized carbons (Fsp3) is 0.932. The Kier molecular flexibility index (Phi) is 35.0. The summed E-state index contributed by atoms with van der Waals surface area (Å²) in [5.41, 5.74) is 0. The van der Waals surface area contributed by atoms with E-state index in [1.807, 2.05) is 6.92 Å². The van der Waals surface area contributed by atoms with E-state index in [1.165, 1.54) is 64.2 Å². The van der Waals surface area contributed by atoms with Gasteiger partial charge >= 0.3 is 35.4 Å². The van der Waals surface area contributed by atoms with Crippen LogP contribution < -0.4 is 0 Å². The Morgan fingerprint density at radius 3 is 1.31 bits per heavy atom. The molecule has 0 bridgehead atoms. The Morgan fingerprint density at radius 2 is 0.866 bits per heavy atom. The predicted molar refractivity (Wildman–Crippen MR) is 248 cm³/mol. The smallest absolute Gasteiger partial charge is 0.466 e. The van der Waals surface area contributed by atoms with Gasteiger partial charge in [-0.05, 0) is 25.7 Å². The Hall–Kier alpha value is -1.18. The maximum absolute atomic E-state index is 13.1. The van der Waals surface area contributed by atoms with Crippen molar-refractivity contribution in [1.82, 2.24) is 0 Å². The molecule has 1 fully saturated rings. The number of Topliss-reactive ketones (excluding diaryl/α,β-unsaturated/α-hetero) is 1. The van der Waals surface area contributed by atoms with Crippen LogP contribution in [0, 0.1) is 0 Å². The minimum Gasteiger partial charge on any atom is -0.466 e. The molecule has 1 aliphatic rings. The van der Waals surface area contributed by atoms with Gasteiger partial charge in [0, 0.05) is 19.3 Å². The lowest BCUT2D eigenvalue weighted by Crippen LogP contribution is -2.65. The van der Waals surface area contributed by atoms with Crippen molar-refractivity contribution >= 4 is 41.2 Å². The minimum atomic E-state index is -5.61. The number of aliphatic hydroxyl groups excluding tert-OH is 3. The maximum Gasteiger partial charge on any atom is 0.472 e. The number of carbonyl (C=O) groups is 3. The molecule has 0 aromatic carbocycles. The molecular weight excluding hydrogens is 941 g/mol. The lowest BCUT2D eigenvalue weighted by atomic mass is 9.85. The van der Waals surface area contributed by atoms with E-state index in [-0.39, 0.29) is 13.0 Å². The van der Waals surface area contributed by atoms with Gasteiger partial charge in [-0.2, -0.15) is 0 Å². The molecule has 0 amide bonds. The zero-order valence-corrected chi connectivity index (χ0v) is 42.7.